The van der Waals surface area contributed by atoms with Crippen LogP contribution in [0.2, 0.25) is 0 Å². The molecular weight excluding hydrogens is 432 g/mol. The Labute approximate surface area is 175 Å². The summed E-state index contributed by atoms with van der Waals surface area (Å²) in [7, 11) is -3.12. The molecule has 1 amide bonds. The summed E-state index contributed by atoms with van der Waals surface area (Å²) < 4.78 is 30.8. The number of hydrazine groups is 1. The highest BCUT2D eigenvalue weighted by molar-refractivity contribution is 7.89. The van der Waals surface area contributed by atoms with Crippen LogP contribution in [0.3, 0.4) is 0 Å². The lowest BCUT2D eigenvalue weighted by Gasteiger charge is -2.12. The molecule has 0 unspecified atom stereocenters. The van der Waals surface area contributed by atoms with E-state index in [2.05, 4.69) is 15.3 Å². The van der Waals surface area contributed by atoms with Gasteiger partial charge in [0.25, 0.3) is 21.5 Å². The largest absolute Gasteiger partial charge is 0.465 e. The molecule has 0 radical (unpaired) electrons. The van der Waals surface area contributed by atoms with E-state index in [1.54, 1.807) is 24.3 Å². The Morgan fingerprint density at radius 2 is 1.90 bits per heavy atom. The minimum atomic E-state index is -4.26. The van der Waals surface area contributed by atoms with Crippen molar-refractivity contribution in [1.29, 1.82) is 0 Å². The van der Waals surface area contributed by atoms with Gasteiger partial charge in [-0.3, -0.25) is 15.0 Å². The van der Waals surface area contributed by atoms with Gasteiger partial charge in [0, 0.05) is 11.9 Å². The monoisotopic (exact) mass is 450 g/mol. The molecule has 2 heterocycles. The second kappa shape index (κ2) is 8.73. The summed E-state index contributed by atoms with van der Waals surface area (Å²) in [6.45, 7) is 2.16. The van der Waals surface area contributed by atoms with Gasteiger partial charge in [0.2, 0.25) is 0 Å². The molecule has 1 aromatic carbocycles. The minimum absolute atomic E-state index is 0.111. The highest BCUT2D eigenvalue weighted by Gasteiger charge is 2.26. The van der Waals surface area contributed by atoms with Gasteiger partial charge in [-0.2, -0.15) is 5.10 Å². The fraction of sp³-hybridized carbons (Fsp3) is 0.222. The molecule has 0 aliphatic heterocycles. The third-order valence-corrected chi connectivity index (χ3v) is 6.42. The van der Waals surface area contributed by atoms with Gasteiger partial charge in [-0.25, -0.2) is 17.9 Å². The van der Waals surface area contributed by atoms with Crippen molar-refractivity contribution in [3.63, 3.8) is 0 Å². The molecule has 0 atom stereocenters. The van der Waals surface area contributed by atoms with Crippen LogP contribution in [0.5, 0.6) is 0 Å². The van der Waals surface area contributed by atoms with E-state index in [-0.39, 0.29) is 26.4 Å². The van der Waals surface area contributed by atoms with E-state index in [0.29, 0.717) is 18.4 Å². The highest BCUT2D eigenvalue weighted by Crippen LogP contribution is 2.22. The molecular formula is C18H18N4O6S2. The highest BCUT2D eigenvalue weighted by atomic mass is 32.2. The molecule has 158 valence electrons. The number of thiophene rings is 1. The number of esters is 1. The lowest BCUT2D eigenvalue weighted by molar-refractivity contribution is 0.0602. The van der Waals surface area contributed by atoms with Crippen LogP contribution in [0.1, 0.15) is 33.5 Å². The third kappa shape index (κ3) is 4.10. The van der Waals surface area contributed by atoms with E-state index >= 15 is 0 Å². The Kier molecular flexibility index (Phi) is 6.29. The molecule has 12 heteroatoms. The summed E-state index contributed by atoms with van der Waals surface area (Å²) in [5.74, 6) is -1.66. The van der Waals surface area contributed by atoms with Crippen LogP contribution in [-0.4, -0.2) is 37.2 Å². The number of hydrogen-bond acceptors (Lipinski definition) is 8. The number of carbonyl (C=O) groups is 2. The Balaban J connectivity index is 1.93. The predicted molar refractivity (Wildman–Crippen MR) is 110 cm³/mol. The van der Waals surface area contributed by atoms with E-state index in [1.807, 2.05) is 11.8 Å². The number of sulfonamides is 1. The maximum Gasteiger partial charge on any atom is 0.349 e. The average molecular weight is 450 g/mol. The van der Waals surface area contributed by atoms with E-state index in [9.17, 15) is 22.8 Å². The van der Waals surface area contributed by atoms with Gasteiger partial charge in [0.15, 0.2) is 5.69 Å². The number of methoxy groups -OCH3 is 1. The fourth-order valence-corrected chi connectivity index (χ4v) is 4.92. The zero-order chi connectivity index (χ0) is 21.9. The zero-order valence-corrected chi connectivity index (χ0v) is 17.7. The Hall–Kier alpha value is -3.09. The maximum absolute atomic E-state index is 12.7. The molecule has 0 aliphatic rings. The molecule has 0 spiro atoms. The molecule has 0 fully saturated rings. The van der Waals surface area contributed by atoms with E-state index in [4.69, 9.17) is 0 Å². The summed E-state index contributed by atoms with van der Waals surface area (Å²) in [5.41, 5.74) is 1.64. The Morgan fingerprint density at radius 1 is 1.20 bits per heavy atom. The van der Waals surface area contributed by atoms with Crippen LogP contribution in [0.4, 0.5) is 0 Å². The lowest BCUT2D eigenvalue weighted by Crippen LogP contribution is -2.43. The molecule has 0 aliphatic carbocycles. The fourth-order valence-electron chi connectivity index (χ4n) is 2.74. The van der Waals surface area contributed by atoms with Crippen LogP contribution in [-0.2, 0) is 21.3 Å². The van der Waals surface area contributed by atoms with Crippen molar-refractivity contribution in [3.05, 3.63) is 56.6 Å². The second-order valence-electron chi connectivity index (χ2n) is 6.09. The van der Waals surface area contributed by atoms with Crippen molar-refractivity contribution in [1.82, 2.24) is 20.0 Å². The molecule has 3 rings (SSSR count). The van der Waals surface area contributed by atoms with Gasteiger partial charge in [-0.1, -0.05) is 25.1 Å². The number of aryl methyl sites for hydroxylation is 1. The number of benzene rings is 1. The number of amides is 1. The number of aromatic nitrogens is 2. The molecule has 0 saturated carbocycles. The number of hydrogen-bond donors (Lipinski definition) is 2. The van der Waals surface area contributed by atoms with E-state index < -0.39 is 21.9 Å². The van der Waals surface area contributed by atoms with Crippen molar-refractivity contribution in [2.75, 3.05) is 7.11 Å². The number of carbonyl (C=O) groups excluding carboxylic acids is 2. The van der Waals surface area contributed by atoms with Gasteiger partial charge >= 0.3 is 5.97 Å². The first-order valence-corrected chi connectivity index (χ1v) is 11.1. The first-order chi connectivity index (χ1) is 14.3. The van der Waals surface area contributed by atoms with Crippen molar-refractivity contribution in [2.24, 2.45) is 0 Å². The number of fused-ring (bicyclic) bond motifs is 1. The summed E-state index contributed by atoms with van der Waals surface area (Å²) in [6.07, 6.45) is 0.618. The van der Waals surface area contributed by atoms with Crippen molar-refractivity contribution in [3.8, 4) is 0 Å². The number of nitrogens with zero attached hydrogens (tertiary/aromatic N) is 2. The SMILES string of the molecule is CCCn1nc(C(=O)NNS(=O)(=O)c2ccsc2C(=O)OC)c2ccccc2c1=O. The van der Waals surface area contributed by atoms with Gasteiger partial charge in [0.1, 0.15) is 9.77 Å². The Morgan fingerprint density at radius 3 is 2.57 bits per heavy atom. The van der Waals surface area contributed by atoms with Crippen LogP contribution in [0, 0.1) is 0 Å². The quantitative estimate of drug-likeness (QED) is 0.409. The first kappa shape index (κ1) is 21.6. The van der Waals surface area contributed by atoms with Gasteiger partial charge in [-0.05, 0) is 23.9 Å². The van der Waals surface area contributed by atoms with Crippen LogP contribution >= 0.6 is 11.3 Å². The van der Waals surface area contributed by atoms with E-state index in [1.165, 1.54) is 16.1 Å². The summed E-state index contributed by atoms with van der Waals surface area (Å²) >= 11 is 0.894. The topological polar surface area (TPSA) is 136 Å². The molecule has 2 N–H and O–H groups in total. The standard InChI is InChI=1S/C18H18N4O6S2/c1-3-9-22-17(24)12-7-5-4-6-11(12)14(20-22)16(23)19-21-30(26,27)13-8-10-29-15(13)18(25)28-2/h4-8,10,21H,3,9H2,1-2H3,(H,19,23). The smallest absolute Gasteiger partial charge is 0.349 e. The predicted octanol–water partition coefficient (Wildman–Crippen LogP) is 1.28. The normalized spacial score (nSPS) is 11.4. The van der Waals surface area contributed by atoms with Gasteiger partial charge in [-0.15, -0.1) is 16.2 Å². The lowest BCUT2D eigenvalue weighted by atomic mass is 10.1. The average Bonchev–Trinajstić information content (AvgIpc) is 3.25. The van der Waals surface area contributed by atoms with Crippen LogP contribution in [0.15, 0.2) is 45.4 Å². The van der Waals surface area contributed by atoms with Crippen LogP contribution in [0.25, 0.3) is 10.8 Å². The number of ether oxygens (including phenoxy) is 1. The number of nitrogens with one attached hydrogen (secondary N) is 2. The first-order valence-electron chi connectivity index (χ1n) is 8.78. The van der Waals surface area contributed by atoms with Crippen molar-refractivity contribution < 1.29 is 22.7 Å². The number of rotatable bonds is 7. The molecule has 30 heavy (non-hydrogen) atoms. The van der Waals surface area contributed by atoms with Crippen molar-refractivity contribution >= 4 is 44.0 Å². The molecule has 10 nitrogen and oxygen atoms in total. The summed E-state index contributed by atoms with van der Waals surface area (Å²) in [5, 5.41) is 6.09. The van der Waals surface area contributed by atoms with Gasteiger partial charge in [0.05, 0.1) is 12.5 Å². The Bertz CT molecular complexity index is 1280. The van der Waals surface area contributed by atoms with Crippen LogP contribution < -0.4 is 15.8 Å². The molecule has 3 aromatic rings. The van der Waals surface area contributed by atoms with Crippen molar-refractivity contribution in [2.45, 2.75) is 24.8 Å². The molecule has 0 bridgehead atoms. The second-order valence-corrected chi connectivity index (χ2v) is 8.65. The maximum atomic E-state index is 12.7. The summed E-state index contributed by atoms with van der Waals surface area (Å²) in [6, 6.07) is 7.65. The molecule has 2 aromatic heterocycles. The summed E-state index contributed by atoms with van der Waals surface area (Å²) in [4.78, 5) is 38.5. The third-order valence-electron chi connectivity index (χ3n) is 4.11. The zero-order valence-electron chi connectivity index (χ0n) is 16.0. The molecule has 0 saturated heterocycles. The van der Waals surface area contributed by atoms with Gasteiger partial charge < -0.3 is 4.74 Å². The minimum Gasteiger partial charge on any atom is -0.465 e. The van der Waals surface area contributed by atoms with E-state index in [0.717, 1.165) is 18.4 Å².